The van der Waals surface area contributed by atoms with Crippen LogP contribution in [0.2, 0.25) is 0 Å². The molecule has 0 radical (unpaired) electrons. The molecule has 0 saturated carbocycles. The van der Waals surface area contributed by atoms with Gasteiger partial charge in [-0.1, -0.05) is 13.8 Å². The molecule has 1 amide bonds. The highest BCUT2D eigenvalue weighted by atomic mass is 19.4. The summed E-state index contributed by atoms with van der Waals surface area (Å²) < 4.78 is 34.8. The monoisotopic (exact) mass is 228 g/mol. The Morgan fingerprint density at radius 3 is 2.40 bits per heavy atom. The average Bonchev–Trinajstić information content (AvgIpc) is 2.00. The summed E-state index contributed by atoms with van der Waals surface area (Å²) in [6.07, 6.45) is -4.07. The predicted octanol–water partition coefficient (Wildman–Crippen LogP) is 0.970. The van der Waals surface area contributed by atoms with E-state index in [2.05, 4.69) is 4.84 Å². The van der Waals surface area contributed by atoms with Gasteiger partial charge in [-0.25, -0.2) is 5.48 Å². The molecule has 0 rings (SSSR count). The lowest BCUT2D eigenvalue weighted by Crippen LogP contribution is -2.42. The van der Waals surface area contributed by atoms with Crippen LogP contribution in [-0.2, 0) is 9.63 Å². The number of nitrogens with two attached hydrogens (primary N) is 1. The third-order valence-corrected chi connectivity index (χ3v) is 1.47. The maximum absolute atomic E-state index is 11.6. The van der Waals surface area contributed by atoms with E-state index in [4.69, 9.17) is 5.73 Å². The van der Waals surface area contributed by atoms with Crippen molar-refractivity contribution in [1.82, 2.24) is 5.48 Å². The second-order valence-electron chi connectivity index (χ2n) is 3.61. The first-order valence-corrected chi connectivity index (χ1v) is 4.46. The van der Waals surface area contributed by atoms with Gasteiger partial charge in [-0.3, -0.25) is 9.63 Å². The molecule has 1 unspecified atom stereocenters. The lowest BCUT2D eigenvalue weighted by molar-refractivity contribution is -0.192. The van der Waals surface area contributed by atoms with E-state index in [0.717, 1.165) is 0 Å². The van der Waals surface area contributed by atoms with Crippen molar-refractivity contribution in [1.29, 1.82) is 0 Å². The molecule has 0 saturated heterocycles. The molecule has 1 atom stereocenters. The molecule has 0 heterocycles. The molecule has 3 N–H and O–H groups in total. The average molecular weight is 228 g/mol. The van der Waals surface area contributed by atoms with Crippen molar-refractivity contribution in [2.24, 2.45) is 11.7 Å². The molecule has 15 heavy (non-hydrogen) atoms. The Morgan fingerprint density at radius 1 is 1.47 bits per heavy atom. The quantitative estimate of drug-likeness (QED) is 0.689. The standard InChI is InChI=1S/C8H15F3N2O2/c1-5(2)3-6(12)7(14)13-15-4-8(9,10)11/h5-6H,3-4,12H2,1-2H3,(H,13,14). The number of carbonyl (C=O) groups excluding carboxylic acids is 1. The van der Waals surface area contributed by atoms with E-state index >= 15 is 0 Å². The molecule has 0 spiro atoms. The van der Waals surface area contributed by atoms with E-state index < -0.39 is 24.7 Å². The zero-order valence-electron chi connectivity index (χ0n) is 8.60. The van der Waals surface area contributed by atoms with Gasteiger partial charge in [0.25, 0.3) is 5.91 Å². The number of hydrogen-bond donors (Lipinski definition) is 2. The van der Waals surface area contributed by atoms with E-state index in [9.17, 15) is 18.0 Å². The Bertz CT molecular complexity index is 207. The fraction of sp³-hybridized carbons (Fsp3) is 0.875. The molecular weight excluding hydrogens is 213 g/mol. The van der Waals surface area contributed by atoms with Crippen LogP contribution in [0.3, 0.4) is 0 Å². The van der Waals surface area contributed by atoms with E-state index in [1.165, 1.54) is 0 Å². The highest BCUT2D eigenvalue weighted by molar-refractivity contribution is 5.80. The number of halogens is 3. The molecule has 0 bridgehead atoms. The van der Waals surface area contributed by atoms with Crippen LogP contribution in [0.25, 0.3) is 0 Å². The molecule has 90 valence electrons. The summed E-state index contributed by atoms with van der Waals surface area (Å²) in [6, 6.07) is -0.849. The molecule has 0 aromatic carbocycles. The second-order valence-corrected chi connectivity index (χ2v) is 3.61. The zero-order chi connectivity index (χ0) is 12.1. The van der Waals surface area contributed by atoms with Crippen LogP contribution >= 0.6 is 0 Å². The van der Waals surface area contributed by atoms with Crippen molar-refractivity contribution in [3.8, 4) is 0 Å². The minimum atomic E-state index is -4.46. The topological polar surface area (TPSA) is 64.4 Å². The number of amides is 1. The van der Waals surface area contributed by atoms with E-state index in [-0.39, 0.29) is 5.92 Å². The third kappa shape index (κ3) is 8.19. The summed E-state index contributed by atoms with van der Waals surface area (Å²) in [4.78, 5) is 15.0. The predicted molar refractivity (Wildman–Crippen MR) is 47.6 cm³/mol. The first-order chi connectivity index (χ1) is 6.72. The summed E-state index contributed by atoms with van der Waals surface area (Å²) in [5.74, 6) is -0.554. The maximum atomic E-state index is 11.6. The first kappa shape index (κ1) is 14.2. The molecular formula is C8H15F3N2O2. The van der Waals surface area contributed by atoms with Crippen LogP contribution in [0.5, 0.6) is 0 Å². The molecule has 0 aliphatic carbocycles. The van der Waals surface area contributed by atoms with Crippen molar-refractivity contribution >= 4 is 5.91 Å². The van der Waals surface area contributed by atoms with Gasteiger partial charge in [0, 0.05) is 0 Å². The van der Waals surface area contributed by atoms with Gasteiger partial charge in [0.2, 0.25) is 0 Å². The summed E-state index contributed by atoms with van der Waals surface area (Å²) in [7, 11) is 0. The van der Waals surface area contributed by atoms with E-state index in [1.54, 1.807) is 5.48 Å². The SMILES string of the molecule is CC(C)CC(N)C(=O)NOCC(F)(F)F. The largest absolute Gasteiger partial charge is 0.414 e. The first-order valence-electron chi connectivity index (χ1n) is 4.46. The highest BCUT2D eigenvalue weighted by Crippen LogP contribution is 2.13. The summed E-state index contributed by atoms with van der Waals surface area (Å²) in [6.45, 7) is 2.18. The Kier molecular flexibility index (Phi) is 5.59. The van der Waals surface area contributed by atoms with Gasteiger partial charge in [-0.2, -0.15) is 13.2 Å². The van der Waals surface area contributed by atoms with Crippen molar-refractivity contribution < 1.29 is 22.8 Å². The molecule has 0 aromatic rings. The molecule has 0 aliphatic rings. The van der Waals surface area contributed by atoms with Crippen molar-refractivity contribution in [2.75, 3.05) is 6.61 Å². The summed E-state index contributed by atoms with van der Waals surface area (Å²) in [5.41, 5.74) is 7.06. The van der Waals surface area contributed by atoms with Crippen LogP contribution in [0.15, 0.2) is 0 Å². The smallest absolute Gasteiger partial charge is 0.320 e. The number of hydrogen-bond acceptors (Lipinski definition) is 3. The van der Waals surface area contributed by atoms with Gasteiger partial charge in [0.1, 0.15) is 0 Å². The summed E-state index contributed by atoms with van der Waals surface area (Å²) in [5, 5.41) is 0. The maximum Gasteiger partial charge on any atom is 0.414 e. The van der Waals surface area contributed by atoms with Crippen LogP contribution in [0.4, 0.5) is 13.2 Å². The van der Waals surface area contributed by atoms with Crippen molar-refractivity contribution in [2.45, 2.75) is 32.5 Å². The van der Waals surface area contributed by atoms with Gasteiger partial charge >= 0.3 is 6.18 Å². The van der Waals surface area contributed by atoms with Crippen LogP contribution in [0, 0.1) is 5.92 Å². The Labute approximate surface area is 85.9 Å². The van der Waals surface area contributed by atoms with Gasteiger partial charge in [-0.15, -0.1) is 0 Å². The molecule has 0 aromatic heterocycles. The second kappa shape index (κ2) is 5.92. The molecule has 7 heteroatoms. The Hall–Kier alpha value is -0.820. The van der Waals surface area contributed by atoms with Gasteiger partial charge < -0.3 is 5.73 Å². The van der Waals surface area contributed by atoms with E-state index in [0.29, 0.717) is 6.42 Å². The minimum Gasteiger partial charge on any atom is -0.320 e. The molecule has 4 nitrogen and oxygen atoms in total. The third-order valence-electron chi connectivity index (χ3n) is 1.47. The van der Waals surface area contributed by atoms with Gasteiger partial charge in [0.05, 0.1) is 6.04 Å². The number of rotatable bonds is 5. The number of hydroxylamine groups is 1. The lowest BCUT2D eigenvalue weighted by Gasteiger charge is -2.14. The number of carbonyl (C=O) groups is 1. The fourth-order valence-electron chi connectivity index (χ4n) is 0.880. The normalized spacial score (nSPS) is 14.1. The molecule has 0 fully saturated rings. The highest BCUT2D eigenvalue weighted by Gasteiger charge is 2.28. The van der Waals surface area contributed by atoms with Crippen LogP contribution in [0.1, 0.15) is 20.3 Å². The van der Waals surface area contributed by atoms with Gasteiger partial charge in [-0.05, 0) is 12.3 Å². The minimum absolute atomic E-state index is 0.188. The Balaban J connectivity index is 3.74. The van der Waals surface area contributed by atoms with E-state index in [1.807, 2.05) is 13.8 Å². The fourth-order valence-corrected chi connectivity index (χ4v) is 0.880. The van der Waals surface area contributed by atoms with Crippen LogP contribution < -0.4 is 11.2 Å². The van der Waals surface area contributed by atoms with Gasteiger partial charge in [0.15, 0.2) is 6.61 Å². The molecule has 0 aliphatic heterocycles. The lowest BCUT2D eigenvalue weighted by atomic mass is 10.0. The van der Waals surface area contributed by atoms with Crippen molar-refractivity contribution in [3.63, 3.8) is 0 Å². The van der Waals surface area contributed by atoms with Crippen LogP contribution in [-0.4, -0.2) is 24.7 Å². The summed E-state index contributed by atoms with van der Waals surface area (Å²) >= 11 is 0. The zero-order valence-corrected chi connectivity index (χ0v) is 8.60. The Morgan fingerprint density at radius 2 is 2.00 bits per heavy atom. The van der Waals surface area contributed by atoms with Crippen molar-refractivity contribution in [3.05, 3.63) is 0 Å². The number of nitrogens with one attached hydrogen (secondary N) is 1. The number of alkyl halides is 3.